The summed E-state index contributed by atoms with van der Waals surface area (Å²) in [5.41, 5.74) is 6.83. The van der Waals surface area contributed by atoms with E-state index in [2.05, 4.69) is 13.8 Å². The van der Waals surface area contributed by atoms with Crippen LogP contribution in [0.4, 0.5) is 0 Å². The molecule has 0 saturated carbocycles. The van der Waals surface area contributed by atoms with Crippen molar-refractivity contribution in [3.63, 3.8) is 0 Å². The van der Waals surface area contributed by atoms with Crippen molar-refractivity contribution in [2.75, 3.05) is 13.1 Å². The van der Waals surface area contributed by atoms with Crippen LogP contribution in [0.5, 0.6) is 0 Å². The zero-order chi connectivity index (χ0) is 15.8. The van der Waals surface area contributed by atoms with Crippen LogP contribution in [0.15, 0.2) is 17.2 Å². The Morgan fingerprint density at radius 1 is 1.29 bits per heavy atom. The topological polar surface area (TPSA) is 68.3 Å². The molecule has 2 heterocycles. The molecule has 2 N–H and O–H groups in total. The normalized spacial score (nSPS) is 20.1. The lowest BCUT2D eigenvalue weighted by Crippen LogP contribution is -2.40. The molecule has 0 bridgehead atoms. The van der Waals surface area contributed by atoms with Gasteiger partial charge in [0.1, 0.15) is 4.90 Å². The second-order valence-corrected chi connectivity index (χ2v) is 8.88. The van der Waals surface area contributed by atoms with Crippen molar-refractivity contribution in [1.29, 1.82) is 0 Å². The minimum atomic E-state index is -3.40. The molecule has 120 valence electrons. The molecule has 0 unspecified atom stereocenters. The molecular formula is C15H27N3O2S. The molecule has 1 aliphatic rings. The van der Waals surface area contributed by atoms with Gasteiger partial charge in [-0.15, -0.1) is 0 Å². The first-order valence-electron chi connectivity index (χ1n) is 7.58. The Labute approximate surface area is 128 Å². The Morgan fingerprint density at radius 2 is 1.86 bits per heavy atom. The number of nitrogens with zero attached hydrogens (tertiary/aromatic N) is 2. The lowest BCUT2D eigenvalue weighted by Gasteiger charge is -2.35. The van der Waals surface area contributed by atoms with Gasteiger partial charge in [0.15, 0.2) is 0 Å². The monoisotopic (exact) mass is 313 g/mol. The minimum absolute atomic E-state index is 0.202. The fraction of sp³-hybridized carbons (Fsp3) is 0.733. The van der Waals surface area contributed by atoms with Crippen LogP contribution in [0.3, 0.4) is 0 Å². The van der Waals surface area contributed by atoms with Crippen LogP contribution < -0.4 is 5.73 Å². The van der Waals surface area contributed by atoms with E-state index in [1.165, 1.54) is 0 Å². The number of rotatable bonds is 4. The summed E-state index contributed by atoms with van der Waals surface area (Å²) >= 11 is 0. The van der Waals surface area contributed by atoms with E-state index in [9.17, 15) is 8.42 Å². The first-order chi connectivity index (χ1) is 9.67. The zero-order valence-electron chi connectivity index (χ0n) is 13.5. The van der Waals surface area contributed by atoms with Crippen LogP contribution in [-0.2, 0) is 16.6 Å². The molecule has 0 aliphatic carbocycles. The Hall–Kier alpha value is -0.850. The van der Waals surface area contributed by atoms with Crippen molar-refractivity contribution >= 4 is 10.0 Å². The highest BCUT2D eigenvalue weighted by Crippen LogP contribution is 2.32. The van der Waals surface area contributed by atoms with Crippen LogP contribution in [0.1, 0.15) is 52.3 Å². The van der Waals surface area contributed by atoms with E-state index in [1.807, 2.05) is 18.4 Å². The quantitative estimate of drug-likeness (QED) is 0.927. The van der Waals surface area contributed by atoms with E-state index in [0.29, 0.717) is 24.5 Å². The maximum Gasteiger partial charge on any atom is 0.244 e. The van der Waals surface area contributed by atoms with Gasteiger partial charge in [0.2, 0.25) is 10.0 Å². The molecule has 2 rings (SSSR count). The Morgan fingerprint density at radius 3 is 2.29 bits per heavy atom. The van der Waals surface area contributed by atoms with Gasteiger partial charge in [0, 0.05) is 37.6 Å². The number of hydrogen-bond acceptors (Lipinski definition) is 3. The third-order valence-electron chi connectivity index (χ3n) is 4.39. The van der Waals surface area contributed by atoms with Crippen molar-refractivity contribution in [1.82, 2.24) is 8.87 Å². The molecular weight excluding hydrogens is 286 g/mol. The predicted octanol–water partition coefficient (Wildman–Crippen LogP) is 2.34. The van der Waals surface area contributed by atoms with Crippen LogP contribution >= 0.6 is 0 Å². The van der Waals surface area contributed by atoms with Crippen LogP contribution in [-0.4, -0.2) is 30.4 Å². The molecule has 0 atom stereocenters. The van der Waals surface area contributed by atoms with Crippen LogP contribution in [0.25, 0.3) is 0 Å². The summed E-state index contributed by atoms with van der Waals surface area (Å²) in [5, 5.41) is 0. The molecule has 0 amide bonds. The third kappa shape index (κ3) is 3.33. The zero-order valence-corrected chi connectivity index (χ0v) is 14.3. The maximum absolute atomic E-state index is 12.8. The fourth-order valence-electron chi connectivity index (χ4n) is 2.76. The summed E-state index contributed by atoms with van der Waals surface area (Å²) < 4.78 is 29.1. The van der Waals surface area contributed by atoms with Crippen molar-refractivity contribution in [3.05, 3.63) is 18.0 Å². The average molecular weight is 313 g/mol. The predicted molar refractivity (Wildman–Crippen MR) is 84.5 cm³/mol. The van der Waals surface area contributed by atoms with E-state index in [-0.39, 0.29) is 11.5 Å². The van der Waals surface area contributed by atoms with Gasteiger partial charge in [0.25, 0.3) is 0 Å². The van der Waals surface area contributed by atoms with Gasteiger partial charge in [-0.05, 0) is 38.2 Å². The molecule has 0 aromatic carbocycles. The highest BCUT2D eigenvalue weighted by Gasteiger charge is 2.33. The molecule has 0 spiro atoms. The summed E-state index contributed by atoms with van der Waals surface area (Å²) in [6.45, 7) is 9.98. The van der Waals surface area contributed by atoms with E-state index in [0.717, 1.165) is 18.5 Å². The number of nitrogens with two attached hydrogens (primary N) is 1. The molecule has 1 saturated heterocycles. The van der Waals surface area contributed by atoms with Crippen LogP contribution in [0, 0.1) is 5.41 Å². The van der Waals surface area contributed by atoms with E-state index in [4.69, 9.17) is 5.73 Å². The summed E-state index contributed by atoms with van der Waals surface area (Å²) in [6.07, 6.45) is 3.53. The molecule has 1 aliphatic heterocycles. The smallest absolute Gasteiger partial charge is 0.244 e. The van der Waals surface area contributed by atoms with Crippen molar-refractivity contribution in [2.24, 2.45) is 11.1 Å². The highest BCUT2D eigenvalue weighted by atomic mass is 32.2. The summed E-state index contributed by atoms with van der Waals surface area (Å²) in [4.78, 5) is 0.372. The van der Waals surface area contributed by atoms with Gasteiger partial charge >= 0.3 is 0 Å². The molecule has 6 heteroatoms. The first kappa shape index (κ1) is 16.5. The Kier molecular flexibility index (Phi) is 4.52. The first-order valence-corrected chi connectivity index (χ1v) is 9.02. The highest BCUT2D eigenvalue weighted by molar-refractivity contribution is 7.89. The number of sulfonamides is 1. The summed E-state index contributed by atoms with van der Waals surface area (Å²) in [6, 6.07) is 1.92. The second-order valence-electron chi connectivity index (χ2n) is 6.94. The third-order valence-corrected chi connectivity index (χ3v) is 6.25. The van der Waals surface area contributed by atoms with Gasteiger partial charge in [-0.25, -0.2) is 8.42 Å². The summed E-state index contributed by atoms with van der Waals surface area (Å²) in [5.74, 6) is 0. The molecule has 1 aromatic rings. The van der Waals surface area contributed by atoms with Crippen LogP contribution in [0.2, 0.25) is 0 Å². The number of hydrogen-bond donors (Lipinski definition) is 1. The largest absolute Gasteiger partial charge is 0.346 e. The standard InChI is InChI=1S/C15H27N3O2S/c1-12(2)18-11-14(9-13(18)10-16)21(19,20)17-7-5-15(3,4)6-8-17/h9,11-12H,5-8,10,16H2,1-4H3. The SMILES string of the molecule is CC(C)n1cc(S(=O)(=O)N2CCC(C)(C)CC2)cc1CN. The minimum Gasteiger partial charge on any atom is -0.346 e. The van der Waals surface area contributed by atoms with Crippen molar-refractivity contribution in [3.8, 4) is 0 Å². The van der Waals surface area contributed by atoms with Gasteiger partial charge < -0.3 is 10.3 Å². The Bertz CT molecular complexity index is 592. The summed E-state index contributed by atoms with van der Waals surface area (Å²) in [7, 11) is -3.40. The second kappa shape index (κ2) is 5.74. The Balaban J connectivity index is 2.28. The van der Waals surface area contributed by atoms with Crippen molar-refractivity contribution in [2.45, 2.75) is 58.0 Å². The van der Waals surface area contributed by atoms with Gasteiger partial charge in [-0.2, -0.15) is 4.31 Å². The van der Waals surface area contributed by atoms with E-state index in [1.54, 1.807) is 16.6 Å². The molecule has 0 radical (unpaired) electrons. The van der Waals surface area contributed by atoms with E-state index >= 15 is 0 Å². The maximum atomic E-state index is 12.8. The van der Waals surface area contributed by atoms with Gasteiger partial charge in [-0.3, -0.25) is 0 Å². The van der Waals surface area contributed by atoms with E-state index < -0.39 is 10.0 Å². The molecule has 21 heavy (non-hydrogen) atoms. The fourth-order valence-corrected chi connectivity index (χ4v) is 4.26. The van der Waals surface area contributed by atoms with Gasteiger partial charge in [0.05, 0.1) is 0 Å². The lowest BCUT2D eigenvalue weighted by atomic mass is 9.83. The lowest BCUT2D eigenvalue weighted by molar-refractivity contribution is 0.196. The van der Waals surface area contributed by atoms with Gasteiger partial charge in [-0.1, -0.05) is 13.8 Å². The number of aromatic nitrogens is 1. The molecule has 1 aromatic heterocycles. The molecule has 5 nitrogen and oxygen atoms in total. The van der Waals surface area contributed by atoms with Crippen molar-refractivity contribution < 1.29 is 8.42 Å². The average Bonchev–Trinajstić information content (AvgIpc) is 2.83. The number of piperidine rings is 1. The molecule has 1 fully saturated rings.